The van der Waals surface area contributed by atoms with Gasteiger partial charge in [0.2, 0.25) is 33.0 Å². The molecule has 2 heterocycles. The zero-order chi connectivity index (χ0) is 29.2. The van der Waals surface area contributed by atoms with E-state index in [4.69, 9.17) is 46.4 Å². The second kappa shape index (κ2) is 13.6. The van der Waals surface area contributed by atoms with Crippen LogP contribution in [0.25, 0.3) is 12.2 Å². The van der Waals surface area contributed by atoms with Gasteiger partial charge in [0.15, 0.2) is 0 Å². The van der Waals surface area contributed by atoms with Gasteiger partial charge in [-0.1, -0.05) is 24.3 Å². The van der Waals surface area contributed by atoms with E-state index in [2.05, 4.69) is 40.5 Å². The molecule has 2 aromatic heterocycles. The molecule has 0 bridgehead atoms. The number of nitrogens with zero attached hydrogens (tertiary/aromatic N) is 6. The van der Waals surface area contributed by atoms with Gasteiger partial charge in [-0.15, -0.1) is 0 Å². The fourth-order valence-electron chi connectivity index (χ4n) is 3.13. The SMILES string of the molecule is O=S(=O)([O-])c1cc(Nc2nc(Cl)nc(Cl)n2)ccc1C=Cc1ccc(Nc2nc(Cl)nc(Cl)n2)cc1S(=O)(=O)[O-].[Ca+2]. The van der Waals surface area contributed by atoms with Crippen LogP contribution < -0.4 is 10.6 Å². The van der Waals surface area contributed by atoms with Crippen LogP contribution in [0.5, 0.6) is 0 Å². The van der Waals surface area contributed by atoms with Crippen LogP contribution in [0.2, 0.25) is 21.1 Å². The van der Waals surface area contributed by atoms with E-state index >= 15 is 0 Å². The van der Waals surface area contributed by atoms with Crippen LogP contribution in [-0.4, -0.2) is 93.6 Å². The number of rotatable bonds is 8. The largest absolute Gasteiger partial charge is 2.00 e. The van der Waals surface area contributed by atoms with Gasteiger partial charge in [0.1, 0.15) is 20.2 Å². The van der Waals surface area contributed by atoms with Gasteiger partial charge >= 0.3 is 37.7 Å². The molecule has 0 aliphatic carbocycles. The van der Waals surface area contributed by atoms with Crippen molar-refractivity contribution in [3.8, 4) is 0 Å². The van der Waals surface area contributed by atoms with E-state index in [9.17, 15) is 25.9 Å². The third-order valence-electron chi connectivity index (χ3n) is 4.68. The monoisotopic (exact) mass is 702 g/mol. The van der Waals surface area contributed by atoms with E-state index in [1.54, 1.807) is 0 Å². The predicted octanol–water partition coefficient (Wildman–Crippen LogP) is 3.76. The Labute approximate surface area is 282 Å². The molecule has 2 aromatic carbocycles. The van der Waals surface area contributed by atoms with Crippen LogP contribution in [0.4, 0.5) is 23.3 Å². The van der Waals surface area contributed by atoms with Crippen LogP contribution in [-0.2, 0) is 20.2 Å². The first-order chi connectivity index (χ1) is 18.7. The molecule has 0 radical (unpaired) electrons. The summed E-state index contributed by atoms with van der Waals surface area (Å²) in [4.78, 5) is 21.0. The van der Waals surface area contributed by atoms with Crippen LogP contribution in [0, 0.1) is 0 Å². The van der Waals surface area contributed by atoms with Gasteiger partial charge in [-0.05, 0) is 81.8 Å². The number of benzene rings is 2. The van der Waals surface area contributed by atoms with Crippen LogP contribution in [0.15, 0.2) is 46.2 Å². The molecule has 4 aromatic rings. The van der Waals surface area contributed by atoms with E-state index in [1.807, 2.05) is 0 Å². The first kappa shape index (κ1) is 33.5. The molecule has 208 valence electrons. The summed E-state index contributed by atoms with van der Waals surface area (Å²) in [6.45, 7) is 0. The Hall–Kier alpha value is -1.96. The van der Waals surface area contributed by atoms with Crippen molar-refractivity contribution in [2.24, 2.45) is 0 Å². The molecule has 0 unspecified atom stereocenters. The fourth-order valence-corrected chi connectivity index (χ4v) is 5.25. The topological polar surface area (TPSA) is 216 Å². The third kappa shape index (κ3) is 9.26. The van der Waals surface area contributed by atoms with Crippen LogP contribution >= 0.6 is 46.4 Å². The summed E-state index contributed by atoms with van der Waals surface area (Å²) in [6.07, 6.45) is 2.29. The van der Waals surface area contributed by atoms with Gasteiger partial charge in [-0.2, -0.15) is 29.9 Å². The summed E-state index contributed by atoms with van der Waals surface area (Å²) < 4.78 is 71.9. The molecule has 0 saturated carbocycles. The molecule has 0 saturated heterocycles. The minimum atomic E-state index is -5.03. The summed E-state index contributed by atoms with van der Waals surface area (Å²) in [5.41, 5.74) is -0.0558. The third-order valence-corrected chi connectivity index (χ3v) is 7.14. The molecule has 41 heavy (non-hydrogen) atoms. The maximum absolute atomic E-state index is 12.0. The Morgan fingerprint density at radius 3 is 1.20 bits per heavy atom. The molecule has 0 amide bonds. The van der Waals surface area contributed by atoms with Gasteiger partial charge in [-0.25, -0.2) is 16.8 Å². The number of aromatic nitrogens is 6. The summed E-state index contributed by atoms with van der Waals surface area (Å²) in [5, 5.41) is 4.36. The molecule has 2 N–H and O–H groups in total. The molecule has 0 atom stereocenters. The van der Waals surface area contributed by atoms with Crippen LogP contribution in [0.3, 0.4) is 0 Å². The number of nitrogens with one attached hydrogen (secondary N) is 2. The van der Waals surface area contributed by atoms with Crippen molar-refractivity contribution in [1.82, 2.24) is 29.9 Å². The first-order valence-corrected chi connectivity index (χ1v) is 14.6. The van der Waals surface area contributed by atoms with Crippen molar-refractivity contribution in [1.29, 1.82) is 0 Å². The molecule has 0 spiro atoms. The Kier molecular flexibility index (Phi) is 11.1. The normalized spacial score (nSPS) is 11.8. The molecule has 0 fully saturated rings. The average molecular weight is 704 g/mol. The van der Waals surface area contributed by atoms with Gasteiger partial charge in [0.25, 0.3) is 0 Å². The quantitative estimate of drug-likeness (QED) is 0.152. The maximum Gasteiger partial charge on any atom is 2.00 e. The zero-order valence-corrected chi connectivity index (χ0v) is 26.7. The Morgan fingerprint density at radius 1 is 0.585 bits per heavy atom. The van der Waals surface area contributed by atoms with Gasteiger partial charge in [0.05, 0.1) is 9.79 Å². The van der Waals surface area contributed by atoms with Crippen molar-refractivity contribution in [2.45, 2.75) is 9.79 Å². The standard InChI is InChI=1S/C20H12Cl4N8O6S2.Ca/c21-15-27-16(22)30-19(29-15)25-11-5-3-9(13(7-11)39(33,34)35)1-2-10-4-6-12(8-14(10)40(36,37)38)26-20-31-17(23)28-18(24)32-20;/h1-8H,(H,33,34,35)(H,36,37,38)(H,25,27,29,30)(H,26,28,31,32);/q;+2/p-2. The van der Waals surface area contributed by atoms with E-state index in [1.165, 1.54) is 24.3 Å². The first-order valence-electron chi connectivity index (χ1n) is 10.2. The molecule has 14 nitrogen and oxygen atoms in total. The predicted molar refractivity (Wildman–Crippen MR) is 150 cm³/mol. The molecular weight excluding hydrogens is 694 g/mol. The average Bonchev–Trinajstić information content (AvgIpc) is 2.81. The summed E-state index contributed by atoms with van der Waals surface area (Å²) in [7, 11) is -10.1. The fraction of sp³-hybridized carbons (Fsp3) is 0. The van der Waals surface area contributed by atoms with Crippen molar-refractivity contribution in [2.75, 3.05) is 10.6 Å². The maximum atomic E-state index is 12.0. The smallest absolute Gasteiger partial charge is 0.744 e. The number of hydrogen-bond acceptors (Lipinski definition) is 14. The van der Waals surface area contributed by atoms with Crippen molar-refractivity contribution >= 4 is 140 Å². The number of anilines is 4. The Balaban J connectivity index is 0.00000462. The molecule has 0 aliphatic rings. The molecular formula is C20H10CaCl4N8O6S2. The van der Waals surface area contributed by atoms with Crippen molar-refractivity contribution in [3.05, 3.63) is 68.7 Å². The van der Waals surface area contributed by atoms with Gasteiger partial charge < -0.3 is 19.7 Å². The Bertz CT molecular complexity index is 1710. The minimum Gasteiger partial charge on any atom is -0.744 e. The number of halogens is 4. The van der Waals surface area contributed by atoms with Crippen molar-refractivity contribution < 1.29 is 25.9 Å². The molecule has 0 aliphatic heterocycles. The van der Waals surface area contributed by atoms with E-state index in [-0.39, 0.29) is 93.3 Å². The summed E-state index contributed by atoms with van der Waals surface area (Å²) in [5.74, 6) is -0.244. The van der Waals surface area contributed by atoms with Crippen molar-refractivity contribution in [3.63, 3.8) is 0 Å². The van der Waals surface area contributed by atoms with E-state index in [0.29, 0.717) is 0 Å². The number of hydrogen-bond donors (Lipinski definition) is 2. The van der Waals surface area contributed by atoms with Gasteiger partial charge in [-0.3, -0.25) is 0 Å². The zero-order valence-electron chi connectivity index (χ0n) is 19.8. The summed E-state index contributed by atoms with van der Waals surface area (Å²) in [6, 6.07) is 7.26. The molecule has 4 rings (SSSR count). The Morgan fingerprint density at radius 2 is 0.902 bits per heavy atom. The van der Waals surface area contributed by atoms with Gasteiger partial charge in [0, 0.05) is 11.4 Å². The summed E-state index contributed by atoms with van der Waals surface area (Å²) >= 11 is 22.9. The van der Waals surface area contributed by atoms with E-state index < -0.39 is 30.0 Å². The minimum absolute atomic E-state index is 0. The second-order valence-electron chi connectivity index (χ2n) is 7.39. The second-order valence-corrected chi connectivity index (χ2v) is 11.4. The molecule has 21 heteroatoms. The van der Waals surface area contributed by atoms with E-state index in [0.717, 1.165) is 24.3 Å². The van der Waals surface area contributed by atoms with Crippen LogP contribution in [0.1, 0.15) is 11.1 Å².